The molecule has 0 atom stereocenters. The molecule has 25 heavy (non-hydrogen) atoms. The predicted octanol–water partition coefficient (Wildman–Crippen LogP) is 2.40. The molecule has 1 fully saturated rings. The largest absolute Gasteiger partial charge is 0.355 e. The van der Waals surface area contributed by atoms with Gasteiger partial charge in [-0.2, -0.15) is 10.4 Å². The van der Waals surface area contributed by atoms with E-state index in [4.69, 9.17) is 0 Å². The minimum absolute atomic E-state index is 0.479. The van der Waals surface area contributed by atoms with E-state index >= 15 is 0 Å². The molecule has 3 rings (SSSR count). The molecular weight excluding hydrogens is 312 g/mol. The molecule has 0 unspecified atom stereocenters. The van der Waals surface area contributed by atoms with E-state index in [-0.39, 0.29) is 0 Å². The Morgan fingerprint density at radius 2 is 2.24 bits per heavy atom. The first kappa shape index (κ1) is 17.2. The Balaban J connectivity index is 1.53. The van der Waals surface area contributed by atoms with Crippen molar-refractivity contribution in [2.24, 2.45) is 0 Å². The maximum absolute atomic E-state index is 9.23. The summed E-state index contributed by atoms with van der Waals surface area (Å²) in [5.74, 6) is 0.810. The summed E-state index contributed by atoms with van der Waals surface area (Å²) >= 11 is 0. The monoisotopic (exact) mass is 336 g/mol. The van der Waals surface area contributed by atoms with Crippen LogP contribution in [-0.4, -0.2) is 33.9 Å². The van der Waals surface area contributed by atoms with Gasteiger partial charge in [-0.3, -0.25) is 4.68 Å². The molecule has 0 radical (unpaired) electrons. The van der Waals surface area contributed by atoms with Gasteiger partial charge in [-0.1, -0.05) is 6.08 Å². The third-order valence-electron chi connectivity index (χ3n) is 4.65. The molecule has 0 spiro atoms. The predicted molar refractivity (Wildman–Crippen MR) is 98.2 cm³/mol. The summed E-state index contributed by atoms with van der Waals surface area (Å²) in [6.07, 6.45) is 7.78. The topological polar surface area (TPSA) is 69.8 Å². The molecule has 1 aliphatic rings. The van der Waals surface area contributed by atoms with Gasteiger partial charge in [-0.05, 0) is 31.9 Å². The van der Waals surface area contributed by atoms with E-state index in [1.54, 1.807) is 6.20 Å². The number of piperidine rings is 1. The molecule has 1 N–H and O–H groups in total. The Hall–Kier alpha value is -2.65. The zero-order chi connectivity index (χ0) is 17.6. The number of nitriles is 1. The highest BCUT2D eigenvalue weighted by atomic mass is 15.3. The van der Waals surface area contributed by atoms with Crippen molar-refractivity contribution in [1.29, 1.82) is 5.26 Å². The summed E-state index contributed by atoms with van der Waals surface area (Å²) in [5, 5.41) is 17.4. The van der Waals surface area contributed by atoms with E-state index in [0.29, 0.717) is 11.6 Å². The van der Waals surface area contributed by atoms with Crippen LogP contribution in [0.1, 0.15) is 29.7 Å². The van der Waals surface area contributed by atoms with Crippen LogP contribution in [0.5, 0.6) is 0 Å². The van der Waals surface area contributed by atoms with Crippen molar-refractivity contribution in [3.8, 4) is 6.07 Å². The lowest BCUT2D eigenvalue weighted by molar-refractivity contribution is 0.412. The highest BCUT2D eigenvalue weighted by molar-refractivity contribution is 5.53. The number of hydrogen-bond acceptors (Lipinski definition) is 5. The minimum atomic E-state index is 0.479. The third-order valence-corrected chi connectivity index (χ3v) is 4.65. The molecule has 1 aliphatic heterocycles. The summed E-state index contributed by atoms with van der Waals surface area (Å²) in [5.41, 5.74) is 2.96. The fraction of sp³-hybridized carbons (Fsp3) is 0.421. The van der Waals surface area contributed by atoms with Crippen LogP contribution < -0.4 is 10.2 Å². The van der Waals surface area contributed by atoms with E-state index in [2.05, 4.69) is 39.1 Å². The standard InChI is InChI=1S/C19H24N6/c1-3-9-25-14-17(15(2)23-25)13-22-18-6-10-24(11-7-18)19-16(12-20)5-4-8-21-19/h3-5,8,14,18,22H,1,6-7,9-11,13H2,2H3. The summed E-state index contributed by atoms with van der Waals surface area (Å²) in [6.45, 7) is 9.20. The zero-order valence-electron chi connectivity index (χ0n) is 14.6. The van der Waals surface area contributed by atoms with Gasteiger partial charge in [0, 0.05) is 43.6 Å². The van der Waals surface area contributed by atoms with Crippen LogP contribution in [0.2, 0.25) is 0 Å². The Morgan fingerprint density at radius 3 is 2.96 bits per heavy atom. The van der Waals surface area contributed by atoms with Crippen LogP contribution in [0.4, 0.5) is 5.82 Å². The fourth-order valence-corrected chi connectivity index (χ4v) is 3.24. The SMILES string of the molecule is C=CCn1cc(CNC2CCN(c3ncccc3C#N)CC2)c(C)n1. The number of hydrogen-bond donors (Lipinski definition) is 1. The first-order valence-corrected chi connectivity index (χ1v) is 8.68. The van der Waals surface area contributed by atoms with Crippen molar-refractivity contribution >= 4 is 5.82 Å². The second kappa shape index (κ2) is 7.95. The van der Waals surface area contributed by atoms with Gasteiger partial charge in [0.25, 0.3) is 0 Å². The van der Waals surface area contributed by atoms with Crippen molar-refractivity contribution in [2.45, 2.75) is 38.9 Å². The Morgan fingerprint density at radius 1 is 1.44 bits per heavy atom. The molecule has 0 aromatic carbocycles. The van der Waals surface area contributed by atoms with Crippen molar-refractivity contribution < 1.29 is 0 Å². The van der Waals surface area contributed by atoms with Gasteiger partial charge in [0.2, 0.25) is 0 Å². The molecule has 3 heterocycles. The normalized spacial score (nSPS) is 15.1. The molecule has 1 saturated heterocycles. The maximum Gasteiger partial charge on any atom is 0.146 e. The van der Waals surface area contributed by atoms with Gasteiger partial charge in [0.05, 0.1) is 17.8 Å². The summed E-state index contributed by atoms with van der Waals surface area (Å²) in [4.78, 5) is 6.60. The molecule has 0 amide bonds. The van der Waals surface area contributed by atoms with Crippen molar-refractivity contribution in [2.75, 3.05) is 18.0 Å². The number of nitrogens with zero attached hydrogens (tertiary/aromatic N) is 5. The number of pyridine rings is 1. The van der Waals surface area contributed by atoms with Gasteiger partial charge in [0.1, 0.15) is 11.9 Å². The first-order chi connectivity index (χ1) is 12.2. The summed E-state index contributed by atoms with van der Waals surface area (Å²) in [7, 11) is 0. The quantitative estimate of drug-likeness (QED) is 0.820. The second-order valence-corrected chi connectivity index (χ2v) is 6.38. The highest BCUT2D eigenvalue weighted by Gasteiger charge is 2.21. The van der Waals surface area contributed by atoms with Crippen LogP contribution in [0, 0.1) is 18.3 Å². The highest BCUT2D eigenvalue weighted by Crippen LogP contribution is 2.21. The van der Waals surface area contributed by atoms with Gasteiger partial charge in [-0.25, -0.2) is 4.98 Å². The Labute approximate surface area is 148 Å². The molecule has 2 aromatic rings. The number of aromatic nitrogens is 3. The van der Waals surface area contributed by atoms with Crippen molar-refractivity contribution in [3.63, 3.8) is 0 Å². The fourth-order valence-electron chi connectivity index (χ4n) is 3.24. The lowest BCUT2D eigenvalue weighted by Crippen LogP contribution is -2.42. The number of rotatable bonds is 6. The minimum Gasteiger partial charge on any atom is -0.355 e. The third kappa shape index (κ3) is 4.06. The average molecular weight is 336 g/mol. The van der Waals surface area contributed by atoms with E-state index in [1.165, 1.54) is 5.56 Å². The van der Waals surface area contributed by atoms with Crippen LogP contribution in [0.15, 0.2) is 37.2 Å². The van der Waals surface area contributed by atoms with Crippen LogP contribution in [-0.2, 0) is 13.1 Å². The van der Waals surface area contributed by atoms with Crippen LogP contribution in [0.25, 0.3) is 0 Å². The van der Waals surface area contributed by atoms with Crippen molar-refractivity contribution in [1.82, 2.24) is 20.1 Å². The molecule has 0 saturated carbocycles. The molecule has 0 aliphatic carbocycles. The molecule has 130 valence electrons. The van der Waals surface area contributed by atoms with Gasteiger partial charge in [0.15, 0.2) is 0 Å². The molecule has 2 aromatic heterocycles. The number of anilines is 1. The van der Waals surface area contributed by atoms with E-state index in [1.807, 2.05) is 29.8 Å². The lowest BCUT2D eigenvalue weighted by Gasteiger charge is -2.33. The van der Waals surface area contributed by atoms with Gasteiger partial charge >= 0.3 is 0 Å². The first-order valence-electron chi connectivity index (χ1n) is 8.68. The molecule has 0 bridgehead atoms. The summed E-state index contributed by atoms with van der Waals surface area (Å²) in [6, 6.07) is 6.35. The molecule has 6 nitrogen and oxygen atoms in total. The van der Waals surface area contributed by atoms with Gasteiger partial charge < -0.3 is 10.2 Å². The average Bonchev–Trinajstić information content (AvgIpc) is 3.00. The van der Waals surface area contributed by atoms with Gasteiger partial charge in [-0.15, -0.1) is 6.58 Å². The van der Waals surface area contributed by atoms with Crippen LogP contribution in [0.3, 0.4) is 0 Å². The smallest absolute Gasteiger partial charge is 0.146 e. The number of aryl methyl sites for hydroxylation is 1. The lowest BCUT2D eigenvalue weighted by atomic mass is 10.0. The Kier molecular flexibility index (Phi) is 5.46. The molecule has 6 heteroatoms. The summed E-state index contributed by atoms with van der Waals surface area (Å²) < 4.78 is 1.92. The molecular formula is C19H24N6. The van der Waals surface area contributed by atoms with E-state index in [9.17, 15) is 5.26 Å². The zero-order valence-corrected chi connectivity index (χ0v) is 14.6. The number of nitrogens with one attached hydrogen (secondary N) is 1. The Bertz CT molecular complexity index is 764. The second-order valence-electron chi connectivity index (χ2n) is 6.38. The van der Waals surface area contributed by atoms with E-state index < -0.39 is 0 Å². The number of allylic oxidation sites excluding steroid dienone is 1. The maximum atomic E-state index is 9.23. The van der Waals surface area contributed by atoms with E-state index in [0.717, 1.165) is 50.5 Å². The van der Waals surface area contributed by atoms with Crippen molar-refractivity contribution in [3.05, 3.63) is 54.0 Å². The van der Waals surface area contributed by atoms with Crippen LogP contribution >= 0.6 is 0 Å².